The molecule has 0 radical (unpaired) electrons. The second-order valence-corrected chi connectivity index (χ2v) is 7.66. The average molecular weight is 455 g/mol. The maximum Gasteiger partial charge on any atom is 0.322 e. The highest BCUT2D eigenvalue weighted by molar-refractivity contribution is 7.98. The molecule has 3 unspecified atom stereocenters. The molecule has 0 fully saturated rings. The van der Waals surface area contributed by atoms with E-state index in [9.17, 15) is 29.1 Å². The smallest absolute Gasteiger partial charge is 0.322 e. The second-order valence-electron chi connectivity index (χ2n) is 5.82. The van der Waals surface area contributed by atoms with Crippen LogP contribution in [0.25, 0.3) is 0 Å². The summed E-state index contributed by atoms with van der Waals surface area (Å²) < 4.78 is 2.70. The van der Waals surface area contributed by atoms with Crippen molar-refractivity contribution in [3.05, 3.63) is 0 Å². The van der Waals surface area contributed by atoms with Crippen LogP contribution in [0, 0.1) is 0 Å². The minimum atomic E-state index is -1.27. The lowest BCUT2D eigenvalue weighted by Crippen LogP contribution is -2.50. The first kappa shape index (κ1) is 27.0. The van der Waals surface area contributed by atoms with Crippen LogP contribution in [0.15, 0.2) is 0 Å². The van der Waals surface area contributed by atoms with E-state index in [1.807, 2.05) is 6.26 Å². The van der Waals surface area contributed by atoms with Gasteiger partial charge in [-0.05, 0) is 24.9 Å². The number of rotatable bonds is 16. The standard InChI is InChI=1S/C15H26N4O8S2/c1-28-5-4-9(15(26)27)19-29-7-10(13(23)17-6-12(21)22)18-11(20)3-2-8(16)14(24)25/h8-10,19H,2-7,16H2,1H3,(H,17,23)(H,18,20)(H,21,22)(H,24,25)(H,26,27). The molecule has 2 amide bonds. The van der Waals surface area contributed by atoms with E-state index in [1.165, 1.54) is 11.8 Å². The fourth-order valence-electron chi connectivity index (χ4n) is 1.85. The largest absolute Gasteiger partial charge is 0.480 e. The lowest BCUT2D eigenvalue weighted by molar-refractivity contribution is -0.140. The molecule has 0 saturated carbocycles. The second kappa shape index (κ2) is 14.9. The first-order chi connectivity index (χ1) is 13.6. The molecule has 0 aromatic carbocycles. The normalized spacial score (nSPS) is 13.7. The highest BCUT2D eigenvalue weighted by Gasteiger charge is 2.24. The maximum atomic E-state index is 12.1. The van der Waals surface area contributed by atoms with Gasteiger partial charge in [-0.1, -0.05) is 11.9 Å². The number of hydrogen-bond acceptors (Lipinski definition) is 9. The van der Waals surface area contributed by atoms with Gasteiger partial charge in [0, 0.05) is 12.2 Å². The molecule has 29 heavy (non-hydrogen) atoms. The van der Waals surface area contributed by atoms with E-state index < -0.39 is 54.4 Å². The molecule has 0 heterocycles. The summed E-state index contributed by atoms with van der Waals surface area (Å²) in [5.41, 5.74) is 5.32. The number of carbonyl (C=O) groups is 5. The summed E-state index contributed by atoms with van der Waals surface area (Å²) >= 11 is 2.38. The molecule has 0 saturated heterocycles. The van der Waals surface area contributed by atoms with E-state index in [1.54, 1.807) is 0 Å². The van der Waals surface area contributed by atoms with Crippen molar-refractivity contribution in [3.8, 4) is 0 Å². The Kier molecular flexibility index (Phi) is 13.9. The highest BCUT2D eigenvalue weighted by Crippen LogP contribution is 2.07. The molecule has 0 aromatic rings. The number of aliphatic carboxylic acids is 3. The monoisotopic (exact) mass is 454 g/mol. The third kappa shape index (κ3) is 12.9. The molecule has 3 atom stereocenters. The highest BCUT2D eigenvalue weighted by atomic mass is 32.2. The lowest BCUT2D eigenvalue weighted by Gasteiger charge is -2.19. The Morgan fingerprint density at radius 2 is 1.66 bits per heavy atom. The van der Waals surface area contributed by atoms with Gasteiger partial charge in [0.25, 0.3) is 0 Å². The third-order valence-electron chi connectivity index (χ3n) is 3.45. The van der Waals surface area contributed by atoms with Crippen LogP contribution < -0.4 is 21.1 Å². The molecule has 0 rings (SSSR count). The molecule has 14 heteroatoms. The zero-order valence-corrected chi connectivity index (χ0v) is 17.4. The summed E-state index contributed by atoms with van der Waals surface area (Å²) in [6.45, 7) is -0.654. The van der Waals surface area contributed by atoms with E-state index in [-0.39, 0.29) is 18.6 Å². The Bertz CT molecular complexity index is 593. The molecule has 0 aliphatic rings. The fraction of sp³-hybridized carbons (Fsp3) is 0.667. The van der Waals surface area contributed by atoms with Crippen LogP contribution in [-0.2, 0) is 24.0 Å². The molecular formula is C15H26N4O8S2. The summed E-state index contributed by atoms with van der Waals surface area (Å²) in [4.78, 5) is 56.6. The van der Waals surface area contributed by atoms with Gasteiger partial charge in [0.05, 0.1) is 0 Å². The molecule has 0 aliphatic heterocycles. The van der Waals surface area contributed by atoms with Crippen LogP contribution in [0.1, 0.15) is 19.3 Å². The Hall–Kier alpha value is -2.03. The van der Waals surface area contributed by atoms with Gasteiger partial charge in [-0.2, -0.15) is 11.8 Å². The Morgan fingerprint density at radius 1 is 1.00 bits per heavy atom. The van der Waals surface area contributed by atoms with Gasteiger partial charge in [-0.3, -0.25) is 24.0 Å². The molecule has 0 aromatic heterocycles. The number of carbonyl (C=O) groups excluding carboxylic acids is 2. The van der Waals surface area contributed by atoms with Crippen molar-refractivity contribution in [2.75, 3.05) is 24.3 Å². The summed E-state index contributed by atoms with van der Waals surface area (Å²) in [7, 11) is 0. The molecule has 12 nitrogen and oxygen atoms in total. The number of carboxylic acid groups (broad SMARTS) is 3. The van der Waals surface area contributed by atoms with Gasteiger partial charge in [-0.15, -0.1) is 0 Å². The number of nitrogens with one attached hydrogen (secondary N) is 3. The van der Waals surface area contributed by atoms with Gasteiger partial charge in [0.2, 0.25) is 11.8 Å². The predicted molar refractivity (Wildman–Crippen MR) is 107 cm³/mol. The van der Waals surface area contributed by atoms with Crippen molar-refractivity contribution in [3.63, 3.8) is 0 Å². The molecule has 0 spiro atoms. The molecule has 0 bridgehead atoms. The van der Waals surface area contributed by atoms with Gasteiger partial charge in [0.1, 0.15) is 24.7 Å². The van der Waals surface area contributed by atoms with Crippen LogP contribution in [-0.4, -0.2) is 87.5 Å². The SMILES string of the molecule is CSCCC(NSCC(NC(=O)CCC(N)C(=O)O)C(=O)NCC(=O)O)C(=O)O. The Balaban J connectivity index is 4.80. The third-order valence-corrected chi connectivity index (χ3v) is 5.04. The zero-order chi connectivity index (χ0) is 22.4. The molecule has 166 valence electrons. The van der Waals surface area contributed by atoms with Crippen molar-refractivity contribution in [1.82, 2.24) is 15.4 Å². The summed E-state index contributed by atoms with van der Waals surface area (Å²) in [5.74, 6) is -4.49. The first-order valence-electron chi connectivity index (χ1n) is 8.44. The molecular weight excluding hydrogens is 428 g/mol. The summed E-state index contributed by atoms with van der Waals surface area (Å²) in [6, 6.07) is -3.25. The van der Waals surface area contributed by atoms with E-state index in [0.717, 1.165) is 11.9 Å². The van der Waals surface area contributed by atoms with Crippen molar-refractivity contribution < 1.29 is 39.3 Å². The van der Waals surface area contributed by atoms with Crippen LogP contribution in [0.2, 0.25) is 0 Å². The summed E-state index contributed by atoms with van der Waals surface area (Å²) in [6.07, 6.45) is 1.78. The van der Waals surface area contributed by atoms with Crippen molar-refractivity contribution in [2.24, 2.45) is 5.73 Å². The average Bonchev–Trinajstić information content (AvgIpc) is 2.65. The minimum absolute atomic E-state index is 0.0782. The number of thioether (sulfide) groups is 1. The van der Waals surface area contributed by atoms with Gasteiger partial charge in [0.15, 0.2) is 0 Å². The van der Waals surface area contributed by atoms with E-state index in [4.69, 9.17) is 15.9 Å². The van der Waals surface area contributed by atoms with Gasteiger partial charge < -0.3 is 31.7 Å². The van der Waals surface area contributed by atoms with Crippen LogP contribution >= 0.6 is 23.7 Å². The van der Waals surface area contributed by atoms with Crippen LogP contribution in [0.3, 0.4) is 0 Å². The maximum absolute atomic E-state index is 12.1. The number of hydrogen-bond donors (Lipinski definition) is 7. The molecule has 0 aliphatic carbocycles. The van der Waals surface area contributed by atoms with E-state index in [2.05, 4.69) is 15.4 Å². The number of nitrogens with two attached hydrogens (primary N) is 1. The fourth-order valence-corrected chi connectivity index (χ4v) is 3.23. The van der Waals surface area contributed by atoms with Crippen molar-refractivity contribution in [2.45, 2.75) is 37.4 Å². The molecule has 8 N–H and O–H groups in total. The quantitative estimate of drug-likeness (QED) is 0.130. The predicted octanol–water partition coefficient (Wildman–Crippen LogP) is -1.69. The van der Waals surface area contributed by atoms with Crippen molar-refractivity contribution >= 4 is 53.4 Å². The van der Waals surface area contributed by atoms with Crippen LogP contribution in [0.4, 0.5) is 0 Å². The topological polar surface area (TPSA) is 208 Å². The first-order valence-corrected chi connectivity index (χ1v) is 10.8. The van der Waals surface area contributed by atoms with Crippen molar-refractivity contribution in [1.29, 1.82) is 0 Å². The van der Waals surface area contributed by atoms with E-state index in [0.29, 0.717) is 12.2 Å². The number of carboxylic acids is 3. The minimum Gasteiger partial charge on any atom is -0.480 e. The Morgan fingerprint density at radius 3 is 2.17 bits per heavy atom. The van der Waals surface area contributed by atoms with E-state index >= 15 is 0 Å². The van der Waals surface area contributed by atoms with Gasteiger partial charge in [-0.25, -0.2) is 4.72 Å². The zero-order valence-electron chi connectivity index (χ0n) is 15.8. The number of amides is 2. The van der Waals surface area contributed by atoms with Gasteiger partial charge >= 0.3 is 17.9 Å². The lowest BCUT2D eigenvalue weighted by atomic mass is 10.1. The summed E-state index contributed by atoms with van der Waals surface area (Å²) in [5, 5.41) is 31.1. The van der Waals surface area contributed by atoms with Crippen LogP contribution in [0.5, 0.6) is 0 Å². The Labute approximate surface area is 175 Å².